The van der Waals surface area contributed by atoms with Crippen LogP contribution in [-0.2, 0) is 11.2 Å². The molecule has 0 radical (unpaired) electrons. The van der Waals surface area contributed by atoms with Gasteiger partial charge in [-0.05, 0) is 37.0 Å². The lowest BCUT2D eigenvalue weighted by Crippen LogP contribution is -2.12. The van der Waals surface area contributed by atoms with Gasteiger partial charge in [-0.3, -0.25) is 4.79 Å². The van der Waals surface area contributed by atoms with E-state index in [-0.39, 0.29) is 0 Å². The molecule has 0 saturated heterocycles. The molecule has 0 heterocycles. The summed E-state index contributed by atoms with van der Waals surface area (Å²) in [5, 5.41) is 0.730. The first-order valence-corrected chi connectivity index (χ1v) is 8.59. The third-order valence-corrected chi connectivity index (χ3v) is 5.32. The Bertz CT molecular complexity index is 408. The summed E-state index contributed by atoms with van der Waals surface area (Å²) in [7, 11) is 1.67. The van der Waals surface area contributed by atoms with E-state index in [1.807, 2.05) is 36.0 Å². The highest BCUT2D eigenvalue weighted by molar-refractivity contribution is 8.00. The maximum Gasteiger partial charge on any atom is 0.143 e. The predicted molar refractivity (Wildman–Crippen MR) is 85.7 cm³/mol. The summed E-state index contributed by atoms with van der Waals surface area (Å²) in [4.78, 5) is 11.9. The fraction of sp³-hybridized carbons (Fsp3) is 0.588. The van der Waals surface area contributed by atoms with Crippen molar-refractivity contribution in [2.45, 2.75) is 50.2 Å². The number of methoxy groups -OCH3 is 1. The third kappa shape index (κ3) is 5.20. The van der Waals surface area contributed by atoms with Gasteiger partial charge < -0.3 is 4.74 Å². The molecule has 0 spiro atoms. The fourth-order valence-corrected chi connectivity index (χ4v) is 3.82. The van der Waals surface area contributed by atoms with Crippen LogP contribution < -0.4 is 4.74 Å². The van der Waals surface area contributed by atoms with Crippen molar-refractivity contribution in [3.63, 3.8) is 0 Å². The van der Waals surface area contributed by atoms with Crippen molar-refractivity contribution in [2.24, 2.45) is 0 Å². The Morgan fingerprint density at radius 1 is 1.20 bits per heavy atom. The highest BCUT2D eigenvalue weighted by Gasteiger charge is 2.15. The molecule has 1 aromatic carbocycles. The van der Waals surface area contributed by atoms with E-state index in [0.717, 1.165) is 17.4 Å². The minimum absolute atomic E-state index is 0.386. The highest BCUT2D eigenvalue weighted by Crippen LogP contribution is 2.28. The van der Waals surface area contributed by atoms with E-state index in [4.69, 9.17) is 4.74 Å². The van der Waals surface area contributed by atoms with Gasteiger partial charge in [-0.2, -0.15) is 11.8 Å². The number of benzene rings is 1. The smallest absolute Gasteiger partial charge is 0.143 e. The average Bonchev–Trinajstić information content (AvgIpc) is 2.52. The van der Waals surface area contributed by atoms with Gasteiger partial charge in [0.2, 0.25) is 0 Å². The number of ketones is 1. The molecule has 20 heavy (non-hydrogen) atoms. The average molecular weight is 292 g/mol. The maximum atomic E-state index is 11.9. The molecule has 0 aliphatic heterocycles. The monoisotopic (exact) mass is 292 g/mol. The van der Waals surface area contributed by atoms with Crippen molar-refractivity contribution >= 4 is 17.5 Å². The Morgan fingerprint density at radius 3 is 2.55 bits per heavy atom. The molecule has 0 amide bonds. The number of rotatable bonds is 7. The van der Waals surface area contributed by atoms with E-state index in [1.54, 1.807) is 7.11 Å². The van der Waals surface area contributed by atoms with Crippen molar-refractivity contribution in [1.82, 2.24) is 0 Å². The molecule has 2 nitrogen and oxygen atoms in total. The Labute approximate surface area is 126 Å². The molecule has 0 N–H and O–H groups in total. The van der Waals surface area contributed by atoms with Crippen LogP contribution in [0.5, 0.6) is 5.75 Å². The van der Waals surface area contributed by atoms with Crippen LogP contribution in [0.3, 0.4) is 0 Å². The second kappa shape index (κ2) is 8.35. The molecule has 1 aliphatic carbocycles. The molecule has 1 aromatic rings. The fourth-order valence-electron chi connectivity index (χ4n) is 2.59. The molecule has 1 saturated carbocycles. The van der Waals surface area contributed by atoms with Crippen LogP contribution in [0.25, 0.3) is 0 Å². The van der Waals surface area contributed by atoms with Gasteiger partial charge in [-0.1, -0.05) is 31.4 Å². The quantitative estimate of drug-likeness (QED) is 0.751. The van der Waals surface area contributed by atoms with E-state index in [1.165, 1.54) is 37.7 Å². The van der Waals surface area contributed by atoms with E-state index in [2.05, 4.69) is 0 Å². The van der Waals surface area contributed by atoms with Crippen LogP contribution in [0.2, 0.25) is 0 Å². The van der Waals surface area contributed by atoms with E-state index in [0.29, 0.717) is 18.0 Å². The standard InChI is InChI=1S/C17H24O2S/c1-19-16-11-8-14(9-12-16)7-10-15(18)13-20-17-5-3-2-4-6-17/h8-9,11-12,17H,2-7,10,13H2,1H3. The maximum absolute atomic E-state index is 11.9. The van der Waals surface area contributed by atoms with Gasteiger partial charge in [0, 0.05) is 11.7 Å². The molecule has 110 valence electrons. The van der Waals surface area contributed by atoms with Crippen LogP contribution in [-0.4, -0.2) is 23.9 Å². The van der Waals surface area contributed by atoms with Crippen LogP contribution >= 0.6 is 11.8 Å². The predicted octanol–water partition coefficient (Wildman–Crippen LogP) is 4.26. The molecule has 1 aliphatic rings. The normalized spacial score (nSPS) is 16.1. The highest BCUT2D eigenvalue weighted by atomic mass is 32.2. The van der Waals surface area contributed by atoms with Crippen molar-refractivity contribution in [3.05, 3.63) is 29.8 Å². The lowest BCUT2D eigenvalue weighted by Gasteiger charge is -2.20. The number of hydrogen-bond acceptors (Lipinski definition) is 3. The number of aryl methyl sites for hydroxylation is 1. The van der Waals surface area contributed by atoms with E-state index >= 15 is 0 Å². The lowest BCUT2D eigenvalue weighted by molar-refractivity contribution is -0.116. The number of carbonyl (C=O) groups is 1. The zero-order valence-electron chi connectivity index (χ0n) is 12.3. The first-order valence-electron chi connectivity index (χ1n) is 7.54. The number of hydrogen-bond donors (Lipinski definition) is 0. The van der Waals surface area contributed by atoms with Crippen LogP contribution in [0.15, 0.2) is 24.3 Å². The Balaban J connectivity index is 1.66. The van der Waals surface area contributed by atoms with E-state index in [9.17, 15) is 4.79 Å². The molecule has 0 atom stereocenters. The zero-order chi connectivity index (χ0) is 14.2. The summed E-state index contributed by atoms with van der Waals surface area (Å²) < 4.78 is 5.13. The van der Waals surface area contributed by atoms with Gasteiger partial charge in [-0.15, -0.1) is 0 Å². The van der Waals surface area contributed by atoms with Crippen molar-refractivity contribution in [3.8, 4) is 5.75 Å². The minimum Gasteiger partial charge on any atom is -0.497 e. The summed E-state index contributed by atoms with van der Waals surface area (Å²) >= 11 is 1.88. The van der Waals surface area contributed by atoms with Gasteiger partial charge >= 0.3 is 0 Å². The second-order valence-corrected chi connectivity index (χ2v) is 6.75. The van der Waals surface area contributed by atoms with Gasteiger partial charge in [0.25, 0.3) is 0 Å². The van der Waals surface area contributed by atoms with Crippen LogP contribution in [0, 0.1) is 0 Å². The third-order valence-electron chi connectivity index (χ3n) is 3.88. The second-order valence-electron chi connectivity index (χ2n) is 5.46. The molecule has 1 fully saturated rings. The van der Waals surface area contributed by atoms with Crippen LogP contribution in [0.4, 0.5) is 0 Å². The van der Waals surface area contributed by atoms with Gasteiger partial charge in [-0.25, -0.2) is 0 Å². The minimum atomic E-state index is 0.386. The summed E-state index contributed by atoms with van der Waals surface area (Å²) in [5.74, 6) is 1.95. The van der Waals surface area contributed by atoms with Gasteiger partial charge in [0.1, 0.15) is 11.5 Å². The molecular weight excluding hydrogens is 268 g/mol. The number of ether oxygens (including phenoxy) is 1. The molecular formula is C17H24O2S. The SMILES string of the molecule is COc1ccc(CCC(=O)CSC2CCCCC2)cc1. The summed E-state index contributed by atoms with van der Waals surface area (Å²) in [6.45, 7) is 0. The number of thioether (sulfide) groups is 1. The number of carbonyl (C=O) groups excluding carboxylic acids is 1. The topological polar surface area (TPSA) is 26.3 Å². The lowest BCUT2D eigenvalue weighted by atomic mass is 10.0. The van der Waals surface area contributed by atoms with Crippen molar-refractivity contribution in [1.29, 1.82) is 0 Å². The molecule has 2 rings (SSSR count). The van der Waals surface area contributed by atoms with Crippen LogP contribution in [0.1, 0.15) is 44.1 Å². The Hall–Kier alpha value is -0.960. The summed E-state index contributed by atoms with van der Waals surface area (Å²) in [6.07, 6.45) is 8.17. The molecule has 3 heteroatoms. The first-order chi connectivity index (χ1) is 9.78. The largest absolute Gasteiger partial charge is 0.497 e. The Morgan fingerprint density at radius 2 is 1.90 bits per heavy atom. The van der Waals surface area contributed by atoms with Gasteiger partial charge in [0.05, 0.1) is 12.9 Å². The summed E-state index contributed by atoms with van der Waals surface area (Å²) in [5.41, 5.74) is 1.21. The number of Topliss-reactive ketones (excluding diaryl/α,β-unsaturated/α-hetero) is 1. The van der Waals surface area contributed by atoms with E-state index < -0.39 is 0 Å². The molecule has 0 aromatic heterocycles. The van der Waals surface area contributed by atoms with Crippen molar-refractivity contribution < 1.29 is 9.53 Å². The first kappa shape index (κ1) is 15.4. The molecule has 0 bridgehead atoms. The van der Waals surface area contributed by atoms with Crippen molar-refractivity contribution in [2.75, 3.05) is 12.9 Å². The Kier molecular flexibility index (Phi) is 6.44. The van der Waals surface area contributed by atoms with Gasteiger partial charge in [0.15, 0.2) is 0 Å². The zero-order valence-corrected chi connectivity index (χ0v) is 13.1. The summed E-state index contributed by atoms with van der Waals surface area (Å²) in [6, 6.07) is 7.99. The molecule has 0 unspecified atom stereocenters.